The molecule has 1 aliphatic rings. The van der Waals surface area contributed by atoms with Crippen molar-refractivity contribution in [2.24, 2.45) is 0 Å². The molecule has 6 nitrogen and oxygen atoms in total. The first-order valence-corrected chi connectivity index (χ1v) is 6.82. The van der Waals surface area contributed by atoms with Crippen LogP contribution in [-0.4, -0.2) is 30.4 Å². The molecule has 21 heavy (non-hydrogen) atoms. The van der Waals surface area contributed by atoms with Gasteiger partial charge in [0.05, 0.1) is 7.11 Å². The number of hydrogen-bond donors (Lipinski definition) is 1. The summed E-state index contributed by atoms with van der Waals surface area (Å²) < 4.78 is 16.1. The molecule has 2 heterocycles. The Labute approximate surface area is 127 Å². The molecule has 0 aliphatic carbocycles. The normalized spacial score (nSPS) is 12.3. The molecule has 1 aromatic carbocycles. The van der Waals surface area contributed by atoms with Gasteiger partial charge in [0.25, 0.3) is 0 Å². The molecule has 0 unspecified atom stereocenters. The van der Waals surface area contributed by atoms with Crippen molar-refractivity contribution in [1.82, 2.24) is 9.97 Å². The van der Waals surface area contributed by atoms with Gasteiger partial charge in [-0.3, -0.25) is 0 Å². The molecule has 0 radical (unpaired) electrons. The molecular weight excluding hydrogens is 294 g/mol. The molecule has 0 saturated carbocycles. The summed E-state index contributed by atoms with van der Waals surface area (Å²) >= 11 is 5.81. The zero-order valence-electron chi connectivity index (χ0n) is 11.4. The Morgan fingerprint density at radius 1 is 1.24 bits per heavy atom. The maximum Gasteiger partial charge on any atom is 0.231 e. The summed E-state index contributed by atoms with van der Waals surface area (Å²) in [5, 5.41) is 3.60. The summed E-state index contributed by atoms with van der Waals surface area (Å²) in [6.07, 6.45) is 2.17. The van der Waals surface area contributed by atoms with Crippen LogP contribution in [0.4, 0.5) is 5.82 Å². The van der Waals surface area contributed by atoms with Crippen molar-refractivity contribution in [2.45, 2.75) is 6.42 Å². The Morgan fingerprint density at radius 3 is 2.81 bits per heavy atom. The van der Waals surface area contributed by atoms with Crippen molar-refractivity contribution >= 4 is 17.4 Å². The predicted octanol–water partition coefficient (Wildman–Crippen LogP) is 2.52. The lowest BCUT2D eigenvalue weighted by atomic mass is 10.1. The molecule has 1 aromatic heterocycles. The number of rotatable bonds is 5. The fourth-order valence-electron chi connectivity index (χ4n) is 2.11. The Bertz CT molecular complexity index is 651. The van der Waals surface area contributed by atoms with Crippen molar-refractivity contribution in [2.75, 3.05) is 25.8 Å². The molecule has 0 saturated heterocycles. The van der Waals surface area contributed by atoms with Crippen LogP contribution < -0.4 is 19.5 Å². The van der Waals surface area contributed by atoms with Crippen molar-refractivity contribution < 1.29 is 14.2 Å². The second-order valence-corrected chi connectivity index (χ2v) is 4.81. The van der Waals surface area contributed by atoms with Crippen LogP contribution in [0.5, 0.6) is 17.2 Å². The minimum absolute atomic E-state index is 0.250. The van der Waals surface area contributed by atoms with E-state index in [1.54, 1.807) is 13.2 Å². The van der Waals surface area contributed by atoms with E-state index >= 15 is 0 Å². The Kier molecular flexibility index (Phi) is 3.96. The van der Waals surface area contributed by atoms with Crippen LogP contribution in [0.2, 0.25) is 5.15 Å². The second-order valence-electron chi connectivity index (χ2n) is 4.42. The second kappa shape index (κ2) is 6.05. The third kappa shape index (κ3) is 3.11. The lowest BCUT2D eigenvalue weighted by molar-refractivity contribution is 0.174. The number of hydrogen-bond acceptors (Lipinski definition) is 6. The van der Waals surface area contributed by atoms with Crippen molar-refractivity contribution in [3.63, 3.8) is 0 Å². The van der Waals surface area contributed by atoms with E-state index in [1.165, 1.54) is 6.33 Å². The van der Waals surface area contributed by atoms with Gasteiger partial charge in [0, 0.05) is 18.7 Å². The Morgan fingerprint density at radius 2 is 2.05 bits per heavy atom. The summed E-state index contributed by atoms with van der Waals surface area (Å²) in [7, 11) is 1.64. The van der Waals surface area contributed by atoms with Gasteiger partial charge >= 0.3 is 0 Å². The van der Waals surface area contributed by atoms with Gasteiger partial charge in [-0.2, -0.15) is 0 Å². The van der Waals surface area contributed by atoms with Crippen LogP contribution in [0.25, 0.3) is 0 Å². The van der Waals surface area contributed by atoms with E-state index in [-0.39, 0.29) is 6.79 Å². The van der Waals surface area contributed by atoms with Gasteiger partial charge in [0.1, 0.15) is 23.0 Å². The minimum atomic E-state index is 0.250. The first kappa shape index (κ1) is 13.8. The van der Waals surface area contributed by atoms with E-state index in [0.717, 1.165) is 23.5 Å². The first-order chi connectivity index (χ1) is 10.3. The number of methoxy groups -OCH3 is 1. The molecule has 0 bridgehead atoms. The van der Waals surface area contributed by atoms with Gasteiger partial charge in [-0.1, -0.05) is 11.6 Å². The van der Waals surface area contributed by atoms with Crippen LogP contribution in [0.15, 0.2) is 24.5 Å². The smallest absolute Gasteiger partial charge is 0.231 e. The average molecular weight is 308 g/mol. The molecule has 2 aromatic rings. The van der Waals surface area contributed by atoms with Crippen LogP contribution in [0.3, 0.4) is 0 Å². The number of halogens is 1. The van der Waals surface area contributed by atoms with Crippen LogP contribution >= 0.6 is 11.6 Å². The van der Waals surface area contributed by atoms with E-state index in [1.807, 2.05) is 12.1 Å². The minimum Gasteiger partial charge on any atom is -0.496 e. The summed E-state index contributed by atoms with van der Waals surface area (Å²) in [5.41, 5.74) is 1.04. The summed E-state index contributed by atoms with van der Waals surface area (Å²) in [4.78, 5) is 7.93. The van der Waals surface area contributed by atoms with E-state index in [4.69, 9.17) is 25.8 Å². The lowest BCUT2D eigenvalue weighted by Gasteiger charge is -2.11. The van der Waals surface area contributed by atoms with Crippen molar-refractivity contribution in [1.29, 1.82) is 0 Å². The van der Waals surface area contributed by atoms with Gasteiger partial charge in [-0.05, 0) is 18.1 Å². The highest BCUT2D eigenvalue weighted by Gasteiger charge is 2.17. The number of benzene rings is 1. The molecule has 1 N–H and O–H groups in total. The Hall–Kier alpha value is -2.21. The zero-order valence-corrected chi connectivity index (χ0v) is 12.2. The third-order valence-corrected chi connectivity index (χ3v) is 3.32. The number of anilines is 1. The number of nitrogens with zero attached hydrogens (tertiary/aromatic N) is 2. The molecule has 0 atom stereocenters. The molecule has 7 heteroatoms. The van der Waals surface area contributed by atoms with Crippen molar-refractivity contribution in [3.8, 4) is 17.2 Å². The monoisotopic (exact) mass is 307 g/mol. The van der Waals surface area contributed by atoms with Gasteiger partial charge in [-0.15, -0.1) is 0 Å². The van der Waals surface area contributed by atoms with Crippen LogP contribution in [0, 0.1) is 0 Å². The highest BCUT2D eigenvalue weighted by molar-refractivity contribution is 6.29. The number of fused-ring (bicyclic) bond motifs is 1. The van der Waals surface area contributed by atoms with Crippen LogP contribution in [0.1, 0.15) is 5.56 Å². The Balaban J connectivity index is 1.67. The quantitative estimate of drug-likeness (QED) is 0.856. The highest BCUT2D eigenvalue weighted by Crippen LogP contribution is 2.38. The van der Waals surface area contributed by atoms with E-state index in [9.17, 15) is 0 Å². The van der Waals surface area contributed by atoms with Gasteiger partial charge in [-0.25, -0.2) is 9.97 Å². The van der Waals surface area contributed by atoms with E-state index in [2.05, 4.69) is 15.3 Å². The average Bonchev–Trinajstić information content (AvgIpc) is 2.93. The molecule has 0 fully saturated rings. The molecule has 0 spiro atoms. The fraction of sp³-hybridized carbons (Fsp3) is 0.286. The standard InChI is InChI=1S/C14H14ClN3O3/c1-19-10-5-12-11(20-8-21-12)4-9(10)2-3-16-14-6-13(15)17-7-18-14/h4-7H,2-3,8H2,1H3,(H,16,17,18). The third-order valence-electron chi connectivity index (χ3n) is 3.11. The number of nitrogens with one attached hydrogen (secondary N) is 1. The summed E-state index contributed by atoms with van der Waals surface area (Å²) in [5.74, 6) is 2.93. The molecular formula is C14H14ClN3O3. The van der Waals surface area contributed by atoms with Gasteiger partial charge in [0.15, 0.2) is 11.5 Å². The van der Waals surface area contributed by atoms with Crippen molar-refractivity contribution in [3.05, 3.63) is 35.2 Å². The summed E-state index contributed by atoms with van der Waals surface area (Å²) in [6, 6.07) is 5.47. The maximum atomic E-state index is 5.81. The summed E-state index contributed by atoms with van der Waals surface area (Å²) in [6.45, 7) is 0.934. The largest absolute Gasteiger partial charge is 0.496 e. The van der Waals surface area contributed by atoms with Gasteiger partial charge in [0.2, 0.25) is 6.79 Å². The lowest BCUT2D eigenvalue weighted by Crippen LogP contribution is -2.07. The molecule has 110 valence electrons. The first-order valence-electron chi connectivity index (χ1n) is 6.44. The SMILES string of the molecule is COc1cc2c(cc1CCNc1cc(Cl)ncn1)OCO2. The number of aromatic nitrogens is 2. The fourth-order valence-corrected chi connectivity index (χ4v) is 2.25. The molecule has 0 amide bonds. The highest BCUT2D eigenvalue weighted by atomic mass is 35.5. The molecule has 1 aliphatic heterocycles. The van der Waals surface area contributed by atoms with E-state index < -0.39 is 0 Å². The maximum absolute atomic E-state index is 5.81. The van der Waals surface area contributed by atoms with Gasteiger partial charge < -0.3 is 19.5 Å². The van der Waals surface area contributed by atoms with Crippen LogP contribution in [-0.2, 0) is 6.42 Å². The van der Waals surface area contributed by atoms with E-state index in [0.29, 0.717) is 23.3 Å². The topological polar surface area (TPSA) is 65.5 Å². The zero-order chi connectivity index (χ0) is 14.7. The number of ether oxygens (including phenoxy) is 3. The predicted molar refractivity (Wildman–Crippen MR) is 78.4 cm³/mol. The molecule has 3 rings (SSSR count).